The monoisotopic (exact) mass is 539 g/mol. The van der Waals surface area contributed by atoms with E-state index in [1.54, 1.807) is 6.07 Å². The van der Waals surface area contributed by atoms with Crippen LogP contribution in [0.3, 0.4) is 0 Å². The second-order valence-electron chi connectivity index (χ2n) is 10.9. The summed E-state index contributed by atoms with van der Waals surface area (Å²) in [5, 5.41) is 19.4. The van der Waals surface area contributed by atoms with Crippen LogP contribution in [0.4, 0.5) is 0 Å². The predicted molar refractivity (Wildman–Crippen MR) is 153 cm³/mol. The summed E-state index contributed by atoms with van der Waals surface area (Å²) < 4.78 is 5.67. The summed E-state index contributed by atoms with van der Waals surface area (Å²) in [7, 11) is 0. The number of aliphatic hydroxyl groups excluding tert-OH is 1. The zero-order valence-corrected chi connectivity index (χ0v) is 23.9. The van der Waals surface area contributed by atoms with Gasteiger partial charge in [-0.2, -0.15) is 5.26 Å². The Bertz CT molecular complexity index is 1480. The van der Waals surface area contributed by atoms with Gasteiger partial charge in [0.05, 0.1) is 24.4 Å². The molecular formula is C32H37N5O3. The lowest BCUT2D eigenvalue weighted by atomic mass is 9.86. The van der Waals surface area contributed by atoms with Crippen molar-refractivity contribution in [2.45, 2.75) is 65.6 Å². The first-order valence-electron chi connectivity index (χ1n) is 14.1. The van der Waals surface area contributed by atoms with Crippen molar-refractivity contribution in [2.75, 3.05) is 26.2 Å². The molecule has 1 amide bonds. The summed E-state index contributed by atoms with van der Waals surface area (Å²) in [6, 6.07) is 10.2. The van der Waals surface area contributed by atoms with Gasteiger partial charge in [-0.25, -0.2) is 0 Å². The molecule has 3 aromatic rings. The molecule has 1 saturated heterocycles. The Morgan fingerprint density at radius 3 is 2.62 bits per heavy atom. The number of aromatic nitrogens is 2. The van der Waals surface area contributed by atoms with Gasteiger partial charge in [-0.1, -0.05) is 6.07 Å². The average Bonchev–Trinajstić information content (AvgIpc) is 2.96. The van der Waals surface area contributed by atoms with Crippen LogP contribution < -0.4 is 4.74 Å². The van der Waals surface area contributed by atoms with Crippen molar-refractivity contribution in [3.63, 3.8) is 0 Å². The van der Waals surface area contributed by atoms with Crippen LogP contribution in [-0.2, 0) is 12.8 Å². The van der Waals surface area contributed by atoms with E-state index in [-0.39, 0.29) is 24.1 Å². The Labute approximate surface area is 236 Å². The van der Waals surface area contributed by atoms with Gasteiger partial charge in [-0.15, -0.1) is 0 Å². The predicted octanol–water partition coefficient (Wildman–Crippen LogP) is 4.40. The fourth-order valence-electron chi connectivity index (χ4n) is 5.78. The van der Waals surface area contributed by atoms with Gasteiger partial charge >= 0.3 is 0 Å². The highest BCUT2D eigenvalue weighted by atomic mass is 16.5. The molecule has 1 fully saturated rings. The van der Waals surface area contributed by atoms with E-state index in [1.807, 2.05) is 45.7 Å². The maximum Gasteiger partial charge on any atom is 0.254 e. The molecule has 2 aliphatic rings. The van der Waals surface area contributed by atoms with Crippen molar-refractivity contribution < 1.29 is 14.6 Å². The number of carbonyl (C=O) groups excluding carboxylic acids is 1. The highest BCUT2D eigenvalue weighted by Crippen LogP contribution is 2.36. The molecule has 5 rings (SSSR count). The highest BCUT2D eigenvalue weighted by Gasteiger charge is 2.34. The number of likely N-dealkylation sites (tertiary alicyclic amines) is 1. The molecule has 2 aromatic heterocycles. The Balaban J connectivity index is 1.51. The van der Waals surface area contributed by atoms with E-state index >= 15 is 0 Å². The van der Waals surface area contributed by atoms with Crippen LogP contribution in [0.25, 0.3) is 11.1 Å². The van der Waals surface area contributed by atoms with Crippen LogP contribution in [0, 0.1) is 25.2 Å². The van der Waals surface area contributed by atoms with Crippen LogP contribution in [0.2, 0.25) is 0 Å². The third-order valence-electron chi connectivity index (χ3n) is 8.36. The number of ether oxygens (including phenoxy) is 1. The smallest absolute Gasteiger partial charge is 0.254 e. The van der Waals surface area contributed by atoms with Crippen molar-refractivity contribution >= 4 is 5.91 Å². The third kappa shape index (κ3) is 5.19. The zero-order valence-electron chi connectivity index (χ0n) is 23.9. The topological polar surface area (TPSA) is 103 Å². The minimum atomic E-state index is -0.287. The maximum atomic E-state index is 14.1. The van der Waals surface area contributed by atoms with Crippen LogP contribution >= 0.6 is 0 Å². The van der Waals surface area contributed by atoms with Crippen molar-refractivity contribution in [1.29, 1.82) is 5.26 Å². The number of rotatable bonds is 8. The Kier molecular flexibility index (Phi) is 7.88. The lowest BCUT2D eigenvalue weighted by molar-refractivity contribution is -0.0510. The molecule has 3 atom stereocenters. The zero-order chi connectivity index (χ0) is 28.6. The number of β-amino-alcohol motifs (C(OH)–C–C–N with tert-alkyl or cyclic N) is 1. The van der Waals surface area contributed by atoms with Crippen molar-refractivity contribution in [3.8, 4) is 22.9 Å². The fraction of sp³-hybridized carbons (Fsp3) is 0.438. The average molecular weight is 540 g/mol. The summed E-state index contributed by atoms with van der Waals surface area (Å²) in [5.41, 5.74) is 8.12. The Morgan fingerprint density at radius 2 is 1.93 bits per heavy atom. The second-order valence-corrected chi connectivity index (χ2v) is 10.9. The molecule has 4 heterocycles. The molecule has 1 aromatic carbocycles. The molecule has 0 bridgehead atoms. The molecule has 1 N–H and O–H groups in total. The quantitative estimate of drug-likeness (QED) is 0.453. The summed E-state index contributed by atoms with van der Waals surface area (Å²) in [5.74, 6) is 0.469. The van der Waals surface area contributed by atoms with Gasteiger partial charge in [0, 0.05) is 61.0 Å². The minimum Gasteiger partial charge on any atom is -0.492 e. The van der Waals surface area contributed by atoms with Gasteiger partial charge in [-0.05, 0) is 81.8 Å². The number of aliphatic hydroxyl groups is 1. The van der Waals surface area contributed by atoms with Gasteiger partial charge in [-0.3, -0.25) is 19.7 Å². The molecule has 0 unspecified atom stereocenters. The van der Waals surface area contributed by atoms with E-state index in [1.165, 1.54) is 6.20 Å². The van der Waals surface area contributed by atoms with Crippen LogP contribution in [0.1, 0.15) is 70.8 Å². The summed E-state index contributed by atoms with van der Waals surface area (Å²) in [4.78, 5) is 27.4. The molecule has 8 nitrogen and oxygen atoms in total. The number of aryl methyl sites for hydroxylation is 2. The van der Waals surface area contributed by atoms with Gasteiger partial charge < -0.3 is 14.7 Å². The second kappa shape index (κ2) is 11.4. The van der Waals surface area contributed by atoms with E-state index in [0.717, 1.165) is 58.5 Å². The minimum absolute atomic E-state index is 0.0213. The summed E-state index contributed by atoms with van der Waals surface area (Å²) >= 11 is 0. The third-order valence-corrected chi connectivity index (χ3v) is 8.36. The molecule has 2 aliphatic heterocycles. The van der Waals surface area contributed by atoms with Gasteiger partial charge in [0.1, 0.15) is 17.4 Å². The van der Waals surface area contributed by atoms with E-state index in [9.17, 15) is 15.2 Å². The van der Waals surface area contributed by atoms with Crippen molar-refractivity contribution in [3.05, 3.63) is 75.9 Å². The fourth-order valence-corrected chi connectivity index (χ4v) is 5.78. The van der Waals surface area contributed by atoms with Crippen LogP contribution in [0.15, 0.2) is 36.7 Å². The van der Waals surface area contributed by atoms with E-state index in [2.05, 4.69) is 39.1 Å². The van der Waals surface area contributed by atoms with E-state index in [4.69, 9.17) is 4.74 Å². The number of nitrogens with zero attached hydrogens (tertiary/aromatic N) is 5. The van der Waals surface area contributed by atoms with Gasteiger partial charge in [0.2, 0.25) is 0 Å². The van der Waals surface area contributed by atoms with Crippen LogP contribution in [-0.4, -0.2) is 69.2 Å². The largest absolute Gasteiger partial charge is 0.492 e. The SMILES string of the molecule is CCOc1cc([C@H](C)N2CCc3c(cc(CCN4C[C@@H](O)[C@H]4C)cc3-c3cc(C)cnc3C)C2=O)ncc1C#N. The first-order valence-corrected chi connectivity index (χ1v) is 14.1. The lowest BCUT2D eigenvalue weighted by Crippen LogP contribution is -2.58. The van der Waals surface area contributed by atoms with Crippen molar-refractivity contribution in [2.24, 2.45) is 0 Å². The number of hydrogen-bond acceptors (Lipinski definition) is 7. The lowest BCUT2D eigenvalue weighted by Gasteiger charge is -2.43. The number of carbonyl (C=O) groups is 1. The van der Waals surface area contributed by atoms with E-state index in [0.29, 0.717) is 36.7 Å². The molecule has 40 heavy (non-hydrogen) atoms. The Morgan fingerprint density at radius 1 is 1.15 bits per heavy atom. The number of pyridine rings is 2. The number of amides is 1. The molecule has 0 saturated carbocycles. The van der Waals surface area contributed by atoms with E-state index < -0.39 is 0 Å². The first kappa shape index (κ1) is 27.8. The molecule has 0 spiro atoms. The van der Waals surface area contributed by atoms with Crippen LogP contribution in [0.5, 0.6) is 5.75 Å². The van der Waals surface area contributed by atoms with Gasteiger partial charge in [0.15, 0.2) is 0 Å². The molecule has 0 aliphatic carbocycles. The maximum absolute atomic E-state index is 14.1. The summed E-state index contributed by atoms with van der Waals surface area (Å²) in [6.07, 6.45) is 4.64. The first-order chi connectivity index (χ1) is 19.2. The number of hydrogen-bond donors (Lipinski definition) is 1. The normalized spacial score (nSPS) is 19.5. The molecular weight excluding hydrogens is 502 g/mol. The summed E-state index contributed by atoms with van der Waals surface area (Å²) in [6.45, 7) is 12.5. The number of nitriles is 1. The number of benzene rings is 1. The molecule has 0 radical (unpaired) electrons. The highest BCUT2D eigenvalue weighted by molar-refractivity contribution is 5.99. The molecule has 208 valence electrons. The standard InChI is InChI=1S/C32H37N5O3/c1-6-40-31-14-29(35-17-24(31)15-33)21(4)37-10-8-25-27(26-11-19(2)16-34-20(26)3)12-23(13-28(25)32(37)39)7-9-36-18-30(38)22(36)5/h11-14,16-17,21-22,30,38H,6-10,18H2,1-5H3/t21-,22+,30+/m0/s1. The molecule has 8 heteroatoms. The van der Waals surface area contributed by atoms with Crippen molar-refractivity contribution in [1.82, 2.24) is 19.8 Å². The number of fused-ring (bicyclic) bond motifs is 1. The Hall–Kier alpha value is -3.80. The van der Waals surface area contributed by atoms with Gasteiger partial charge in [0.25, 0.3) is 5.91 Å².